The minimum absolute atomic E-state index is 0.196. The first-order valence-electron chi connectivity index (χ1n) is 4.22. The molecule has 0 spiro atoms. The standard InChI is InChI=1S/C7H13N3O4/c8-10-7(12)6(11)9-3-5-4-13-1-2-14-5/h5H,1-4,8H2,(H,9,11)(H,10,12). The van der Waals surface area contributed by atoms with Gasteiger partial charge in [0.2, 0.25) is 0 Å². The molecule has 0 radical (unpaired) electrons. The number of ether oxygens (including phenoxy) is 2. The lowest BCUT2D eigenvalue weighted by molar-refractivity contribution is -0.140. The van der Waals surface area contributed by atoms with E-state index in [2.05, 4.69) is 5.32 Å². The average molecular weight is 203 g/mol. The van der Waals surface area contributed by atoms with Gasteiger partial charge in [-0.2, -0.15) is 0 Å². The molecule has 80 valence electrons. The van der Waals surface area contributed by atoms with E-state index >= 15 is 0 Å². The molecule has 1 aliphatic heterocycles. The Morgan fingerprint density at radius 1 is 1.36 bits per heavy atom. The summed E-state index contributed by atoms with van der Waals surface area (Å²) >= 11 is 0. The molecule has 7 nitrogen and oxygen atoms in total. The van der Waals surface area contributed by atoms with Gasteiger partial charge in [0.1, 0.15) is 0 Å². The van der Waals surface area contributed by atoms with Gasteiger partial charge in [0.25, 0.3) is 0 Å². The van der Waals surface area contributed by atoms with Crippen molar-refractivity contribution < 1.29 is 19.1 Å². The molecule has 4 N–H and O–H groups in total. The van der Waals surface area contributed by atoms with Gasteiger partial charge < -0.3 is 14.8 Å². The molecule has 0 aromatic heterocycles. The van der Waals surface area contributed by atoms with Crippen molar-refractivity contribution in [3.05, 3.63) is 0 Å². The van der Waals surface area contributed by atoms with Gasteiger partial charge in [-0.25, -0.2) is 5.84 Å². The molecule has 7 heteroatoms. The molecule has 0 aromatic carbocycles. The molecule has 0 aromatic rings. The van der Waals surface area contributed by atoms with Crippen LogP contribution in [0.5, 0.6) is 0 Å². The van der Waals surface area contributed by atoms with Gasteiger partial charge in [-0.05, 0) is 0 Å². The smallest absolute Gasteiger partial charge is 0.323 e. The number of hydrogen-bond donors (Lipinski definition) is 3. The highest BCUT2D eigenvalue weighted by Crippen LogP contribution is 1.98. The SMILES string of the molecule is NNC(=O)C(=O)NCC1COCCO1. The van der Waals surface area contributed by atoms with Gasteiger partial charge in [0, 0.05) is 6.54 Å². The summed E-state index contributed by atoms with van der Waals surface area (Å²) in [7, 11) is 0. The van der Waals surface area contributed by atoms with E-state index in [9.17, 15) is 9.59 Å². The highest BCUT2D eigenvalue weighted by atomic mass is 16.6. The fraction of sp³-hybridized carbons (Fsp3) is 0.714. The summed E-state index contributed by atoms with van der Waals surface area (Å²) in [5.74, 6) is 3.12. The first kappa shape index (κ1) is 10.9. The van der Waals surface area contributed by atoms with Gasteiger partial charge >= 0.3 is 11.8 Å². The van der Waals surface area contributed by atoms with Crippen LogP contribution < -0.4 is 16.6 Å². The van der Waals surface area contributed by atoms with E-state index < -0.39 is 11.8 Å². The third-order valence-corrected chi connectivity index (χ3v) is 1.71. The van der Waals surface area contributed by atoms with Gasteiger partial charge in [0.05, 0.1) is 25.9 Å². The van der Waals surface area contributed by atoms with E-state index in [1.807, 2.05) is 0 Å². The quantitative estimate of drug-likeness (QED) is 0.199. The predicted octanol–water partition coefficient (Wildman–Crippen LogP) is -2.49. The van der Waals surface area contributed by atoms with Crippen molar-refractivity contribution in [1.82, 2.24) is 10.7 Å². The van der Waals surface area contributed by atoms with Gasteiger partial charge in [-0.1, -0.05) is 0 Å². The molecule has 1 fully saturated rings. The van der Waals surface area contributed by atoms with Crippen LogP contribution in [0.2, 0.25) is 0 Å². The summed E-state index contributed by atoms with van der Waals surface area (Å²) in [6, 6.07) is 0. The van der Waals surface area contributed by atoms with Crippen molar-refractivity contribution in [1.29, 1.82) is 0 Å². The molecule has 1 atom stereocenters. The number of carbonyl (C=O) groups excluding carboxylic acids is 2. The molecule has 0 aliphatic carbocycles. The maximum absolute atomic E-state index is 10.9. The second-order valence-corrected chi connectivity index (χ2v) is 2.75. The summed E-state index contributed by atoms with van der Waals surface area (Å²) < 4.78 is 10.3. The van der Waals surface area contributed by atoms with Gasteiger partial charge in [-0.15, -0.1) is 0 Å². The number of carbonyl (C=O) groups is 2. The van der Waals surface area contributed by atoms with E-state index in [0.717, 1.165) is 0 Å². The van der Waals surface area contributed by atoms with Crippen LogP contribution in [0, 0.1) is 0 Å². The Bertz CT molecular complexity index is 215. The Morgan fingerprint density at radius 2 is 2.14 bits per heavy atom. The van der Waals surface area contributed by atoms with Crippen molar-refractivity contribution in [3.8, 4) is 0 Å². The van der Waals surface area contributed by atoms with Crippen LogP contribution in [0.1, 0.15) is 0 Å². The molecule has 1 unspecified atom stereocenters. The molecule has 1 saturated heterocycles. The number of amides is 2. The summed E-state index contributed by atoms with van der Waals surface area (Å²) in [4.78, 5) is 21.6. The first-order valence-corrected chi connectivity index (χ1v) is 4.22. The van der Waals surface area contributed by atoms with E-state index in [1.165, 1.54) is 0 Å². The molecule has 1 rings (SSSR count). The van der Waals surface area contributed by atoms with Crippen LogP contribution in [-0.4, -0.2) is 44.3 Å². The predicted molar refractivity (Wildman–Crippen MR) is 45.9 cm³/mol. The molecule has 1 heterocycles. The van der Waals surface area contributed by atoms with Crippen LogP contribution >= 0.6 is 0 Å². The zero-order valence-electron chi connectivity index (χ0n) is 7.62. The molecule has 2 amide bonds. The van der Waals surface area contributed by atoms with Crippen LogP contribution in [0.3, 0.4) is 0 Å². The summed E-state index contributed by atoms with van der Waals surface area (Å²) in [5, 5.41) is 2.37. The second-order valence-electron chi connectivity index (χ2n) is 2.75. The minimum Gasteiger partial charge on any atom is -0.376 e. The number of nitrogens with two attached hydrogens (primary N) is 1. The van der Waals surface area contributed by atoms with Gasteiger partial charge in [0.15, 0.2) is 0 Å². The highest BCUT2D eigenvalue weighted by molar-refractivity contribution is 6.34. The normalized spacial score (nSPS) is 21.4. The van der Waals surface area contributed by atoms with Crippen molar-refractivity contribution >= 4 is 11.8 Å². The monoisotopic (exact) mass is 203 g/mol. The Morgan fingerprint density at radius 3 is 2.71 bits per heavy atom. The molecule has 0 saturated carbocycles. The third kappa shape index (κ3) is 3.29. The minimum atomic E-state index is -0.873. The molecular formula is C7H13N3O4. The van der Waals surface area contributed by atoms with Crippen molar-refractivity contribution in [2.75, 3.05) is 26.4 Å². The lowest BCUT2D eigenvalue weighted by atomic mass is 10.3. The Balaban J connectivity index is 2.18. The average Bonchev–Trinajstić information content (AvgIpc) is 2.26. The van der Waals surface area contributed by atoms with Gasteiger partial charge in [-0.3, -0.25) is 15.0 Å². The maximum atomic E-state index is 10.9. The number of nitrogens with one attached hydrogen (secondary N) is 2. The second kappa shape index (κ2) is 5.53. The lowest BCUT2D eigenvalue weighted by Gasteiger charge is -2.22. The fourth-order valence-electron chi connectivity index (χ4n) is 1.01. The van der Waals surface area contributed by atoms with E-state index in [4.69, 9.17) is 15.3 Å². The van der Waals surface area contributed by atoms with Crippen molar-refractivity contribution in [3.63, 3.8) is 0 Å². The Kier molecular flexibility index (Phi) is 4.30. The zero-order valence-corrected chi connectivity index (χ0v) is 7.62. The summed E-state index contributed by atoms with van der Waals surface area (Å²) in [6.07, 6.45) is -0.196. The molecular weight excluding hydrogens is 190 g/mol. The Hall–Kier alpha value is -1.18. The van der Waals surface area contributed by atoms with Crippen molar-refractivity contribution in [2.45, 2.75) is 6.10 Å². The lowest BCUT2D eigenvalue weighted by Crippen LogP contribution is -2.47. The molecule has 14 heavy (non-hydrogen) atoms. The van der Waals surface area contributed by atoms with Crippen LogP contribution in [-0.2, 0) is 19.1 Å². The van der Waals surface area contributed by atoms with Crippen LogP contribution in [0.4, 0.5) is 0 Å². The van der Waals surface area contributed by atoms with E-state index in [-0.39, 0.29) is 12.6 Å². The summed E-state index contributed by atoms with van der Waals surface area (Å²) in [6.45, 7) is 1.73. The maximum Gasteiger partial charge on any atom is 0.323 e. The van der Waals surface area contributed by atoms with Crippen LogP contribution in [0.25, 0.3) is 0 Å². The molecule has 1 aliphatic rings. The number of rotatable bonds is 2. The first-order chi connectivity index (χ1) is 6.74. The molecule has 0 bridgehead atoms. The largest absolute Gasteiger partial charge is 0.376 e. The fourth-order valence-corrected chi connectivity index (χ4v) is 1.01. The van der Waals surface area contributed by atoms with E-state index in [1.54, 1.807) is 5.43 Å². The third-order valence-electron chi connectivity index (χ3n) is 1.71. The zero-order chi connectivity index (χ0) is 10.4. The number of hydrogen-bond acceptors (Lipinski definition) is 5. The Labute approximate surface area is 80.9 Å². The summed E-state index contributed by atoms with van der Waals surface area (Å²) in [5.41, 5.74) is 1.73. The number of hydrazine groups is 1. The van der Waals surface area contributed by atoms with E-state index in [0.29, 0.717) is 19.8 Å². The topological polar surface area (TPSA) is 103 Å². The highest BCUT2D eigenvalue weighted by Gasteiger charge is 2.17. The van der Waals surface area contributed by atoms with Crippen molar-refractivity contribution in [2.24, 2.45) is 5.84 Å². The van der Waals surface area contributed by atoms with Crippen LogP contribution in [0.15, 0.2) is 0 Å².